The number of carbonyl (C=O) groups is 2. The first-order valence-electron chi connectivity index (χ1n) is 8.33. The first-order valence-corrected chi connectivity index (χ1v) is 8.33. The summed E-state index contributed by atoms with van der Waals surface area (Å²) in [5, 5.41) is 2.96. The molecule has 0 radical (unpaired) electrons. The van der Waals surface area contributed by atoms with Crippen molar-refractivity contribution >= 4 is 11.8 Å². The van der Waals surface area contributed by atoms with Gasteiger partial charge in [0.2, 0.25) is 11.8 Å². The van der Waals surface area contributed by atoms with E-state index < -0.39 is 0 Å². The Morgan fingerprint density at radius 1 is 1.00 bits per heavy atom. The number of hydrogen-bond donors (Lipinski definition) is 1. The highest BCUT2D eigenvalue weighted by molar-refractivity contribution is 5.80. The molecule has 0 aliphatic carbocycles. The molecule has 0 spiro atoms. The summed E-state index contributed by atoms with van der Waals surface area (Å²) >= 11 is 0. The molecule has 4 heteroatoms. The predicted molar refractivity (Wildman–Crippen MR) is 93.1 cm³/mol. The summed E-state index contributed by atoms with van der Waals surface area (Å²) in [5.74, 6) is 0.372. The topological polar surface area (TPSA) is 49.4 Å². The van der Waals surface area contributed by atoms with Crippen LogP contribution in [0.2, 0.25) is 0 Å². The van der Waals surface area contributed by atoms with Gasteiger partial charge in [-0.15, -0.1) is 0 Å². The lowest BCUT2D eigenvalue weighted by atomic mass is 10.1. The summed E-state index contributed by atoms with van der Waals surface area (Å²) in [7, 11) is 0. The fourth-order valence-corrected chi connectivity index (χ4v) is 3.05. The van der Waals surface area contributed by atoms with E-state index in [1.54, 1.807) is 0 Å². The number of benzene rings is 2. The zero-order chi connectivity index (χ0) is 16.8. The van der Waals surface area contributed by atoms with Crippen molar-refractivity contribution in [2.45, 2.75) is 19.4 Å². The number of rotatable bonds is 6. The second-order valence-corrected chi connectivity index (χ2v) is 6.30. The highest BCUT2D eigenvalue weighted by Gasteiger charge is 2.29. The molecule has 1 aliphatic rings. The van der Waals surface area contributed by atoms with Gasteiger partial charge < -0.3 is 10.2 Å². The van der Waals surface area contributed by atoms with E-state index in [0.717, 1.165) is 11.1 Å². The van der Waals surface area contributed by atoms with Gasteiger partial charge in [-0.05, 0) is 11.1 Å². The summed E-state index contributed by atoms with van der Waals surface area (Å²) < 4.78 is 0. The second-order valence-electron chi connectivity index (χ2n) is 6.30. The van der Waals surface area contributed by atoms with E-state index >= 15 is 0 Å². The van der Waals surface area contributed by atoms with Crippen LogP contribution in [0.25, 0.3) is 0 Å². The molecule has 3 rings (SSSR count). The lowest BCUT2D eigenvalue weighted by Crippen LogP contribution is -2.32. The quantitative estimate of drug-likeness (QED) is 0.888. The van der Waals surface area contributed by atoms with Crippen LogP contribution in [0, 0.1) is 5.92 Å². The minimum atomic E-state index is 0.00941. The highest BCUT2D eigenvalue weighted by atomic mass is 16.2. The van der Waals surface area contributed by atoms with Crippen LogP contribution in [0.4, 0.5) is 0 Å². The monoisotopic (exact) mass is 322 g/mol. The maximum absolute atomic E-state index is 12.1. The lowest BCUT2D eigenvalue weighted by molar-refractivity contribution is -0.128. The summed E-state index contributed by atoms with van der Waals surface area (Å²) in [5.41, 5.74) is 2.14. The van der Waals surface area contributed by atoms with Crippen LogP contribution in [-0.4, -0.2) is 29.8 Å². The van der Waals surface area contributed by atoms with Gasteiger partial charge in [0.05, 0.1) is 6.42 Å². The van der Waals surface area contributed by atoms with Gasteiger partial charge in [0.15, 0.2) is 0 Å². The molecule has 124 valence electrons. The Bertz CT molecular complexity index is 685. The van der Waals surface area contributed by atoms with E-state index in [-0.39, 0.29) is 17.7 Å². The maximum Gasteiger partial charge on any atom is 0.224 e. The van der Waals surface area contributed by atoms with Crippen LogP contribution in [0.5, 0.6) is 0 Å². The number of likely N-dealkylation sites (tertiary alicyclic amines) is 1. The molecule has 0 bridgehead atoms. The van der Waals surface area contributed by atoms with E-state index in [1.807, 2.05) is 65.6 Å². The van der Waals surface area contributed by atoms with Gasteiger partial charge >= 0.3 is 0 Å². The number of nitrogens with zero attached hydrogens (tertiary/aromatic N) is 1. The van der Waals surface area contributed by atoms with Crippen LogP contribution < -0.4 is 5.32 Å². The molecule has 1 atom stereocenters. The molecular weight excluding hydrogens is 300 g/mol. The second kappa shape index (κ2) is 7.77. The molecule has 4 nitrogen and oxygen atoms in total. The maximum atomic E-state index is 12.1. The van der Waals surface area contributed by atoms with Gasteiger partial charge in [-0.25, -0.2) is 0 Å². The Morgan fingerprint density at radius 2 is 1.62 bits per heavy atom. The molecule has 0 saturated carbocycles. The number of hydrogen-bond acceptors (Lipinski definition) is 2. The Morgan fingerprint density at radius 3 is 2.29 bits per heavy atom. The third kappa shape index (κ3) is 4.44. The van der Waals surface area contributed by atoms with Crippen molar-refractivity contribution in [3.8, 4) is 0 Å². The summed E-state index contributed by atoms with van der Waals surface area (Å²) in [6, 6.07) is 19.7. The highest BCUT2D eigenvalue weighted by Crippen LogP contribution is 2.19. The lowest BCUT2D eigenvalue weighted by Gasteiger charge is -2.17. The number of carbonyl (C=O) groups excluding carboxylic acids is 2. The van der Waals surface area contributed by atoms with Crippen molar-refractivity contribution in [1.82, 2.24) is 10.2 Å². The van der Waals surface area contributed by atoms with Crippen LogP contribution in [-0.2, 0) is 22.6 Å². The molecule has 1 fully saturated rings. The molecule has 2 aromatic rings. The predicted octanol–water partition coefficient (Wildman–Crippen LogP) is 2.39. The normalized spacial score (nSPS) is 17.1. The Kier molecular flexibility index (Phi) is 5.26. The molecule has 2 aromatic carbocycles. The van der Waals surface area contributed by atoms with Crippen LogP contribution in [0.3, 0.4) is 0 Å². The Balaban J connectivity index is 1.45. The van der Waals surface area contributed by atoms with Crippen molar-refractivity contribution in [2.24, 2.45) is 5.92 Å². The average Bonchev–Trinajstić information content (AvgIpc) is 2.95. The van der Waals surface area contributed by atoms with Crippen molar-refractivity contribution < 1.29 is 9.59 Å². The van der Waals surface area contributed by atoms with Crippen molar-refractivity contribution in [3.63, 3.8) is 0 Å². The van der Waals surface area contributed by atoms with Crippen molar-refractivity contribution in [2.75, 3.05) is 13.1 Å². The number of amides is 2. The van der Waals surface area contributed by atoms with E-state index in [4.69, 9.17) is 0 Å². The smallest absolute Gasteiger partial charge is 0.224 e. The van der Waals surface area contributed by atoms with Crippen LogP contribution >= 0.6 is 0 Å². The zero-order valence-electron chi connectivity index (χ0n) is 13.7. The molecule has 1 heterocycles. The third-order valence-corrected chi connectivity index (χ3v) is 4.31. The van der Waals surface area contributed by atoms with E-state index in [0.29, 0.717) is 32.5 Å². The van der Waals surface area contributed by atoms with Gasteiger partial charge in [0.25, 0.3) is 0 Å². The fourth-order valence-electron chi connectivity index (χ4n) is 3.05. The van der Waals surface area contributed by atoms with Gasteiger partial charge in [-0.3, -0.25) is 9.59 Å². The number of nitrogens with one attached hydrogen (secondary N) is 1. The minimum absolute atomic E-state index is 0.00941. The molecule has 1 N–H and O–H groups in total. The first-order chi connectivity index (χ1) is 11.7. The molecule has 0 aromatic heterocycles. The summed E-state index contributed by atoms with van der Waals surface area (Å²) in [4.78, 5) is 26.0. The largest absolute Gasteiger partial charge is 0.355 e. The van der Waals surface area contributed by atoms with Crippen molar-refractivity contribution in [1.29, 1.82) is 0 Å². The van der Waals surface area contributed by atoms with Gasteiger partial charge in [0, 0.05) is 32.0 Å². The van der Waals surface area contributed by atoms with E-state index in [9.17, 15) is 9.59 Å². The third-order valence-electron chi connectivity index (χ3n) is 4.31. The minimum Gasteiger partial charge on any atom is -0.355 e. The van der Waals surface area contributed by atoms with Gasteiger partial charge in [-0.2, -0.15) is 0 Å². The van der Waals surface area contributed by atoms with Crippen LogP contribution in [0.15, 0.2) is 60.7 Å². The van der Waals surface area contributed by atoms with Crippen LogP contribution in [0.1, 0.15) is 17.5 Å². The van der Waals surface area contributed by atoms with Gasteiger partial charge in [-0.1, -0.05) is 60.7 Å². The molecule has 24 heavy (non-hydrogen) atoms. The van der Waals surface area contributed by atoms with Gasteiger partial charge in [0.1, 0.15) is 0 Å². The molecule has 1 saturated heterocycles. The Labute approximate surface area is 142 Å². The summed E-state index contributed by atoms with van der Waals surface area (Å²) in [6.07, 6.45) is 0.897. The fraction of sp³-hybridized carbons (Fsp3) is 0.300. The average molecular weight is 322 g/mol. The SMILES string of the molecule is O=C(Cc1ccccc1)NCC1CC(=O)N(Cc2ccccc2)C1. The molecule has 2 amide bonds. The standard InChI is InChI=1S/C20H22N2O2/c23-19(11-16-7-3-1-4-8-16)21-13-18-12-20(24)22(15-18)14-17-9-5-2-6-10-17/h1-10,18H,11-15H2,(H,21,23). The summed E-state index contributed by atoms with van der Waals surface area (Å²) in [6.45, 7) is 1.91. The van der Waals surface area contributed by atoms with E-state index in [2.05, 4.69) is 5.32 Å². The first kappa shape index (κ1) is 16.2. The van der Waals surface area contributed by atoms with Crippen molar-refractivity contribution in [3.05, 3.63) is 71.8 Å². The zero-order valence-corrected chi connectivity index (χ0v) is 13.7. The molecule has 1 aliphatic heterocycles. The molecule has 1 unspecified atom stereocenters. The molecular formula is C20H22N2O2. The van der Waals surface area contributed by atoms with E-state index in [1.165, 1.54) is 0 Å². The Hall–Kier alpha value is -2.62.